The second-order valence-electron chi connectivity index (χ2n) is 6.93. The van der Waals surface area contributed by atoms with Crippen molar-refractivity contribution >= 4 is 5.91 Å². The molecule has 23 heavy (non-hydrogen) atoms. The molecule has 1 fully saturated rings. The summed E-state index contributed by atoms with van der Waals surface area (Å²) in [5.74, 6) is 2.82. The third-order valence-electron chi connectivity index (χ3n) is 4.88. The fraction of sp³-hybridized carbons (Fsp3) is 0.650. The number of carbonyl (C=O) groups is 1. The van der Waals surface area contributed by atoms with Gasteiger partial charge < -0.3 is 9.64 Å². The molecule has 0 radical (unpaired) electrons. The minimum Gasteiger partial charge on any atom is -0.494 e. The van der Waals surface area contributed by atoms with Crippen LogP contribution >= 0.6 is 0 Å². The van der Waals surface area contributed by atoms with Crippen LogP contribution in [-0.4, -0.2) is 30.5 Å². The summed E-state index contributed by atoms with van der Waals surface area (Å²) in [6.07, 6.45) is 6.08. The third-order valence-corrected chi connectivity index (χ3v) is 4.88. The highest BCUT2D eigenvalue weighted by Gasteiger charge is 2.23. The highest BCUT2D eigenvalue weighted by Crippen LogP contribution is 2.24. The number of amides is 1. The first-order chi connectivity index (χ1) is 11.2. The van der Waals surface area contributed by atoms with Gasteiger partial charge in [-0.05, 0) is 56.1 Å². The van der Waals surface area contributed by atoms with Crippen molar-refractivity contribution in [2.45, 2.75) is 52.4 Å². The summed E-state index contributed by atoms with van der Waals surface area (Å²) in [5.41, 5.74) is 0. The Kier molecular flexibility index (Phi) is 7.44. The van der Waals surface area contributed by atoms with E-state index in [1.165, 1.54) is 12.8 Å². The van der Waals surface area contributed by atoms with Crippen LogP contribution < -0.4 is 4.74 Å². The Hall–Kier alpha value is -1.51. The van der Waals surface area contributed by atoms with E-state index < -0.39 is 0 Å². The first kappa shape index (κ1) is 17.8. The maximum atomic E-state index is 12.2. The van der Waals surface area contributed by atoms with E-state index in [2.05, 4.69) is 18.7 Å². The van der Waals surface area contributed by atoms with Crippen molar-refractivity contribution in [2.24, 2.45) is 11.8 Å². The summed E-state index contributed by atoms with van der Waals surface area (Å²) in [6, 6.07) is 9.91. The quantitative estimate of drug-likeness (QED) is 0.660. The van der Waals surface area contributed by atoms with Crippen molar-refractivity contribution < 1.29 is 9.53 Å². The highest BCUT2D eigenvalue weighted by atomic mass is 16.5. The molecule has 0 unspecified atom stereocenters. The largest absolute Gasteiger partial charge is 0.494 e. The van der Waals surface area contributed by atoms with Crippen LogP contribution in [0.3, 0.4) is 0 Å². The summed E-state index contributed by atoms with van der Waals surface area (Å²) in [4.78, 5) is 14.3. The van der Waals surface area contributed by atoms with E-state index in [0.717, 1.165) is 56.5 Å². The second kappa shape index (κ2) is 9.59. The van der Waals surface area contributed by atoms with Crippen LogP contribution in [0.4, 0.5) is 0 Å². The third kappa shape index (κ3) is 6.25. The van der Waals surface area contributed by atoms with Crippen LogP contribution in [0.2, 0.25) is 0 Å². The van der Waals surface area contributed by atoms with Crippen molar-refractivity contribution in [1.82, 2.24) is 4.90 Å². The normalized spacial score (nSPS) is 15.9. The van der Waals surface area contributed by atoms with Gasteiger partial charge in [0.2, 0.25) is 5.91 Å². The molecular weight excluding hydrogens is 286 g/mol. The Labute approximate surface area is 141 Å². The molecule has 3 heteroatoms. The molecule has 1 heterocycles. The van der Waals surface area contributed by atoms with E-state index in [9.17, 15) is 4.79 Å². The number of carbonyl (C=O) groups excluding carboxylic acids is 1. The zero-order chi connectivity index (χ0) is 16.5. The Morgan fingerprint density at radius 1 is 1.13 bits per heavy atom. The van der Waals surface area contributed by atoms with Crippen molar-refractivity contribution in [3.63, 3.8) is 0 Å². The molecule has 1 saturated heterocycles. The molecule has 0 aromatic heterocycles. The Morgan fingerprint density at radius 2 is 1.83 bits per heavy atom. The van der Waals surface area contributed by atoms with Gasteiger partial charge >= 0.3 is 0 Å². The molecular formula is C20H31NO2. The maximum Gasteiger partial charge on any atom is 0.222 e. The summed E-state index contributed by atoms with van der Waals surface area (Å²) < 4.78 is 5.67. The molecule has 3 nitrogen and oxygen atoms in total. The van der Waals surface area contributed by atoms with E-state index in [1.54, 1.807) is 0 Å². The molecule has 0 bridgehead atoms. The molecule has 0 aliphatic carbocycles. The van der Waals surface area contributed by atoms with E-state index >= 15 is 0 Å². The smallest absolute Gasteiger partial charge is 0.222 e. The number of rotatable bonds is 8. The van der Waals surface area contributed by atoms with Gasteiger partial charge in [0.1, 0.15) is 5.75 Å². The van der Waals surface area contributed by atoms with Crippen molar-refractivity contribution in [2.75, 3.05) is 19.7 Å². The monoisotopic (exact) mass is 317 g/mol. The lowest BCUT2D eigenvalue weighted by Crippen LogP contribution is -2.39. The SMILES string of the molecule is CC(C)C1CCN(C(=O)CCCCCOc2ccccc2)CC1. The van der Waals surface area contributed by atoms with Crippen molar-refractivity contribution in [3.8, 4) is 5.75 Å². The number of benzene rings is 1. The number of para-hydroxylation sites is 1. The van der Waals surface area contributed by atoms with Crippen LogP contribution in [-0.2, 0) is 4.79 Å². The number of likely N-dealkylation sites (tertiary alicyclic amines) is 1. The molecule has 1 aromatic carbocycles. The standard InChI is InChI=1S/C20H31NO2/c1-17(2)18-12-14-21(15-13-18)20(22)11-7-4-8-16-23-19-9-5-3-6-10-19/h3,5-6,9-10,17-18H,4,7-8,11-16H2,1-2H3. The lowest BCUT2D eigenvalue weighted by molar-refractivity contribution is -0.132. The Balaban J connectivity index is 1.52. The van der Waals surface area contributed by atoms with Crippen LogP contribution in [0.15, 0.2) is 30.3 Å². The molecule has 1 aliphatic rings. The molecule has 128 valence electrons. The van der Waals surface area contributed by atoms with Crippen LogP contribution in [0.1, 0.15) is 52.4 Å². The molecule has 1 aromatic rings. The van der Waals surface area contributed by atoms with Crippen LogP contribution in [0.25, 0.3) is 0 Å². The number of unbranched alkanes of at least 4 members (excludes halogenated alkanes) is 2. The second-order valence-corrected chi connectivity index (χ2v) is 6.93. The molecule has 0 saturated carbocycles. The van der Waals surface area contributed by atoms with E-state index in [-0.39, 0.29) is 0 Å². The summed E-state index contributed by atoms with van der Waals surface area (Å²) in [5, 5.41) is 0. The van der Waals surface area contributed by atoms with E-state index in [0.29, 0.717) is 12.3 Å². The summed E-state index contributed by atoms with van der Waals surface area (Å²) in [6.45, 7) is 7.23. The van der Waals surface area contributed by atoms with Gasteiger partial charge in [0.05, 0.1) is 6.61 Å². The fourth-order valence-electron chi connectivity index (χ4n) is 3.24. The lowest BCUT2D eigenvalue weighted by atomic mass is 9.86. The van der Waals surface area contributed by atoms with Gasteiger partial charge in [-0.15, -0.1) is 0 Å². The minimum absolute atomic E-state index is 0.344. The first-order valence-electron chi connectivity index (χ1n) is 9.12. The topological polar surface area (TPSA) is 29.5 Å². The lowest BCUT2D eigenvalue weighted by Gasteiger charge is -2.34. The number of hydrogen-bond donors (Lipinski definition) is 0. The molecule has 0 N–H and O–H groups in total. The number of ether oxygens (including phenoxy) is 1. The van der Waals surface area contributed by atoms with Gasteiger partial charge in [0.15, 0.2) is 0 Å². The van der Waals surface area contributed by atoms with Gasteiger partial charge in [-0.1, -0.05) is 32.0 Å². The van der Waals surface area contributed by atoms with Gasteiger partial charge in [-0.25, -0.2) is 0 Å². The predicted molar refractivity (Wildman–Crippen MR) is 94.5 cm³/mol. The summed E-state index contributed by atoms with van der Waals surface area (Å²) in [7, 11) is 0. The molecule has 0 atom stereocenters. The Bertz CT molecular complexity index is 450. The Morgan fingerprint density at radius 3 is 2.48 bits per heavy atom. The molecule has 1 amide bonds. The number of piperidine rings is 1. The van der Waals surface area contributed by atoms with E-state index in [4.69, 9.17) is 4.74 Å². The van der Waals surface area contributed by atoms with Crippen LogP contribution in [0.5, 0.6) is 5.75 Å². The van der Waals surface area contributed by atoms with Gasteiger partial charge in [0, 0.05) is 19.5 Å². The van der Waals surface area contributed by atoms with Crippen molar-refractivity contribution in [3.05, 3.63) is 30.3 Å². The maximum absolute atomic E-state index is 12.2. The van der Waals surface area contributed by atoms with E-state index in [1.807, 2.05) is 30.3 Å². The zero-order valence-corrected chi connectivity index (χ0v) is 14.7. The molecule has 0 spiro atoms. The highest BCUT2D eigenvalue weighted by molar-refractivity contribution is 5.76. The van der Waals surface area contributed by atoms with Gasteiger partial charge in [-0.3, -0.25) is 4.79 Å². The number of hydrogen-bond acceptors (Lipinski definition) is 2. The van der Waals surface area contributed by atoms with Crippen LogP contribution in [0, 0.1) is 11.8 Å². The minimum atomic E-state index is 0.344. The van der Waals surface area contributed by atoms with Crippen molar-refractivity contribution in [1.29, 1.82) is 0 Å². The average molecular weight is 317 g/mol. The van der Waals surface area contributed by atoms with Gasteiger partial charge in [-0.2, -0.15) is 0 Å². The average Bonchev–Trinajstić information content (AvgIpc) is 2.58. The molecule has 2 rings (SSSR count). The zero-order valence-electron chi connectivity index (χ0n) is 14.7. The summed E-state index contributed by atoms with van der Waals surface area (Å²) >= 11 is 0. The number of nitrogens with zero attached hydrogens (tertiary/aromatic N) is 1. The molecule has 1 aliphatic heterocycles. The predicted octanol–water partition coefficient (Wildman–Crippen LogP) is 4.52. The first-order valence-corrected chi connectivity index (χ1v) is 9.12. The fourth-order valence-corrected chi connectivity index (χ4v) is 3.24. The van der Waals surface area contributed by atoms with Gasteiger partial charge in [0.25, 0.3) is 0 Å².